The zero-order chi connectivity index (χ0) is 20.7. The molecule has 0 unspecified atom stereocenters. The molecule has 0 spiro atoms. The minimum atomic E-state index is 0.291. The number of methoxy groups -OCH3 is 1. The second-order valence-corrected chi connectivity index (χ2v) is 9.33. The Bertz CT molecular complexity index is 923. The molecule has 2 aromatic carbocycles. The molecule has 2 saturated heterocycles. The van der Waals surface area contributed by atoms with Gasteiger partial charge in [-0.25, -0.2) is 0 Å². The monoisotopic (exact) mass is 404 g/mol. The summed E-state index contributed by atoms with van der Waals surface area (Å²) in [6.45, 7) is 6.17. The molecule has 3 fully saturated rings. The minimum Gasteiger partial charge on any atom is -0.497 e. The number of nitrogens with zero attached hydrogens (tertiary/aromatic N) is 2. The number of hydrogen-bond acceptors (Lipinski definition) is 3. The zero-order valence-corrected chi connectivity index (χ0v) is 18.1. The smallest absolute Gasteiger partial charge is 0.225 e. The van der Waals surface area contributed by atoms with Crippen LogP contribution in [0.25, 0.3) is 0 Å². The summed E-state index contributed by atoms with van der Waals surface area (Å²) in [5.41, 5.74) is 4.09. The van der Waals surface area contributed by atoms with Crippen LogP contribution in [0.1, 0.15) is 41.9 Å². The van der Waals surface area contributed by atoms with Crippen molar-refractivity contribution in [3.05, 3.63) is 65.2 Å². The third-order valence-corrected chi connectivity index (χ3v) is 7.40. The van der Waals surface area contributed by atoms with Gasteiger partial charge < -0.3 is 9.64 Å². The van der Waals surface area contributed by atoms with Crippen molar-refractivity contribution in [2.24, 2.45) is 11.8 Å². The van der Waals surface area contributed by atoms with E-state index in [1.807, 2.05) is 6.07 Å². The van der Waals surface area contributed by atoms with Crippen molar-refractivity contribution < 1.29 is 9.53 Å². The Kier molecular flexibility index (Phi) is 5.28. The van der Waals surface area contributed by atoms with Gasteiger partial charge in [0.2, 0.25) is 5.91 Å². The van der Waals surface area contributed by atoms with E-state index in [1.54, 1.807) is 7.11 Å². The van der Waals surface area contributed by atoms with Crippen molar-refractivity contribution in [2.75, 3.05) is 26.7 Å². The molecule has 3 aliphatic rings. The number of amides is 1. The SMILES string of the molecule is COc1cccc([C@H]2CN(C(=O)C3CC3)[C@@H]3CCN(Cc4ccccc4C)C[C@H]23)c1. The number of piperidine rings is 1. The predicted molar refractivity (Wildman–Crippen MR) is 119 cm³/mol. The molecule has 5 rings (SSSR count). The molecule has 2 heterocycles. The second-order valence-electron chi connectivity index (χ2n) is 9.33. The molecule has 1 aliphatic carbocycles. The molecule has 2 aromatic rings. The Morgan fingerprint density at radius 3 is 2.67 bits per heavy atom. The fourth-order valence-electron chi connectivity index (χ4n) is 5.52. The molecular formula is C26H32N2O2. The third kappa shape index (κ3) is 3.74. The van der Waals surface area contributed by atoms with E-state index in [2.05, 4.69) is 59.2 Å². The predicted octanol–water partition coefficient (Wildman–Crippen LogP) is 4.23. The Morgan fingerprint density at radius 1 is 1.07 bits per heavy atom. The first-order chi connectivity index (χ1) is 14.6. The summed E-state index contributed by atoms with van der Waals surface area (Å²) in [6.07, 6.45) is 3.24. The van der Waals surface area contributed by atoms with E-state index in [0.29, 0.717) is 29.7 Å². The number of aryl methyl sites for hydroxylation is 1. The van der Waals surface area contributed by atoms with Gasteiger partial charge in [-0.15, -0.1) is 0 Å². The number of ether oxygens (including phenoxy) is 1. The van der Waals surface area contributed by atoms with Gasteiger partial charge in [0.05, 0.1) is 7.11 Å². The number of carbonyl (C=O) groups excluding carboxylic acids is 1. The van der Waals surface area contributed by atoms with Gasteiger partial charge in [0.1, 0.15) is 5.75 Å². The van der Waals surface area contributed by atoms with Gasteiger partial charge in [0.15, 0.2) is 0 Å². The van der Waals surface area contributed by atoms with Gasteiger partial charge in [0, 0.05) is 50.0 Å². The van der Waals surface area contributed by atoms with E-state index >= 15 is 0 Å². The molecule has 0 aromatic heterocycles. The highest BCUT2D eigenvalue weighted by atomic mass is 16.5. The topological polar surface area (TPSA) is 32.8 Å². The summed E-state index contributed by atoms with van der Waals surface area (Å²) in [5, 5.41) is 0. The molecule has 4 heteroatoms. The lowest BCUT2D eigenvalue weighted by atomic mass is 9.81. The average molecular weight is 405 g/mol. The lowest BCUT2D eigenvalue weighted by Crippen LogP contribution is -2.48. The molecule has 1 amide bonds. The number of fused-ring (bicyclic) bond motifs is 1. The Hall–Kier alpha value is -2.33. The first-order valence-corrected chi connectivity index (χ1v) is 11.4. The van der Waals surface area contributed by atoms with Crippen LogP contribution in [-0.4, -0.2) is 48.5 Å². The molecule has 158 valence electrons. The van der Waals surface area contributed by atoms with Crippen LogP contribution in [0.5, 0.6) is 5.75 Å². The fraction of sp³-hybridized carbons (Fsp3) is 0.500. The van der Waals surface area contributed by atoms with Crippen molar-refractivity contribution in [3.8, 4) is 5.75 Å². The fourth-order valence-corrected chi connectivity index (χ4v) is 5.52. The number of hydrogen-bond donors (Lipinski definition) is 0. The van der Waals surface area contributed by atoms with Crippen LogP contribution in [0, 0.1) is 18.8 Å². The molecule has 0 radical (unpaired) electrons. The van der Waals surface area contributed by atoms with E-state index in [0.717, 1.165) is 51.2 Å². The summed E-state index contributed by atoms with van der Waals surface area (Å²) < 4.78 is 5.50. The lowest BCUT2D eigenvalue weighted by molar-refractivity contribution is -0.134. The van der Waals surface area contributed by atoms with Crippen molar-refractivity contribution >= 4 is 5.91 Å². The Labute approximate surface area is 179 Å². The summed E-state index contributed by atoms with van der Waals surface area (Å²) in [6, 6.07) is 17.6. The maximum atomic E-state index is 13.1. The summed E-state index contributed by atoms with van der Waals surface area (Å²) in [4.78, 5) is 17.9. The van der Waals surface area contributed by atoms with Crippen molar-refractivity contribution in [2.45, 2.75) is 44.7 Å². The molecule has 3 atom stereocenters. The highest BCUT2D eigenvalue weighted by molar-refractivity contribution is 5.82. The van der Waals surface area contributed by atoms with Crippen LogP contribution in [0.15, 0.2) is 48.5 Å². The van der Waals surface area contributed by atoms with Crippen molar-refractivity contribution in [1.82, 2.24) is 9.80 Å². The second kappa shape index (κ2) is 8.07. The van der Waals surface area contributed by atoms with Crippen LogP contribution in [0.2, 0.25) is 0 Å². The van der Waals surface area contributed by atoms with Gasteiger partial charge in [-0.05, 0) is 55.0 Å². The largest absolute Gasteiger partial charge is 0.497 e. The van der Waals surface area contributed by atoms with Crippen molar-refractivity contribution in [1.29, 1.82) is 0 Å². The van der Waals surface area contributed by atoms with Gasteiger partial charge >= 0.3 is 0 Å². The van der Waals surface area contributed by atoms with Gasteiger partial charge in [-0.3, -0.25) is 9.69 Å². The molecule has 4 nitrogen and oxygen atoms in total. The quantitative estimate of drug-likeness (QED) is 0.748. The van der Waals surface area contributed by atoms with Crippen molar-refractivity contribution in [3.63, 3.8) is 0 Å². The van der Waals surface area contributed by atoms with E-state index in [1.165, 1.54) is 16.7 Å². The Morgan fingerprint density at radius 2 is 1.90 bits per heavy atom. The van der Waals surface area contributed by atoms with Crippen LogP contribution < -0.4 is 4.74 Å². The molecule has 1 saturated carbocycles. The molecule has 0 N–H and O–H groups in total. The normalized spacial score (nSPS) is 26.5. The first-order valence-electron chi connectivity index (χ1n) is 11.4. The number of carbonyl (C=O) groups is 1. The number of likely N-dealkylation sites (tertiary alicyclic amines) is 2. The maximum absolute atomic E-state index is 13.1. The third-order valence-electron chi connectivity index (χ3n) is 7.40. The van der Waals surface area contributed by atoms with Crippen LogP contribution in [0.3, 0.4) is 0 Å². The highest BCUT2D eigenvalue weighted by Crippen LogP contribution is 2.45. The van der Waals surface area contributed by atoms with E-state index in [4.69, 9.17) is 4.74 Å². The molecular weight excluding hydrogens is 372 g/mol. The maximum Gasteiger partial charge on any atom is 0.225 e. The van der Waals surface area contributed by atoms with Gasteiger partial charge in [0.25, 0.3) is 0 Å². The van der Waals surface area contributed by atoms with Crippen LogP contribution in [0.4, 0.5) is 0 Å². The molecule has 30 heavy (non-hydrogen) atoms. The summed E-state index contributed by atoms with van der Waals surface area (Å²) in [5.74, 6) is 2.47. The van der Waals surface area contributed by atoms with E-state index < -0.39 is 0 Å². The Balaban J connectivity index is 1.40. The van der Waals surface area contributed by atoms with Crippen LogP contribution >= 0.6 is 0 Å². The standard InChI is InChI=1S/C26H32N2O2/c1-18-6-3-4-7-21(18)15-27-13-12-25-24(16-27)23(17-28(25)26(29)19-10-11-19)20-8-5-9-22(14-20)30-2/h3-9,14,19,23-25H,10-13,15-17H2,1-2H3/t23-,24-,25-/m1/s1. The highest BCUT2D eigenvalue weighted by Gasteiger charge is 2.49. The zero-order valence-electron chi connectivity index (χ0n) is 18.1. The number of benzene rings is 2. The number of rotatable bonds is 5. The van der Waals surface area contributed by atoms with E-state index in [-0.39, 0.29) is 0 Å². The summed E-state index contributed by atoms with van der Waals surface area (Å²) >= 11 is 0. The van der Waals surface area contributed by atoms with Gasteiger partial charge in [-0.1, -0.05) is 36.4 Å². The average Bonchev–Trinajstić information content (AvgIpc) is 3.56. The minimum absolute atomic E-state index is 0.291. The van der Waals surface area contributed by atoms with E-state index in [9.17, 15) is 4.79 Å². The molecule has 0 bridgehead atoms. The molecule has 2 aliphatic heterocycles. The lowest BCUT2D eigenvalue weighted by Gasteiger charge is -2.39. The first kappa shape index (κ1) is 19.6. The van der Waals surface area contributed by atoms with Gasteiger partial charge in [-0.2, -0.15) is 0 Å². The summed E-state index contributed by atoms with van der Waals surface area (Å²) in [7, 11) is 1.73. The van der Waals surface area contributed by atoms with Crippen LogP contribution in [-0.2, 0) is 11.3 Å².